The largest absolute Gasteiger partial charge is 0.507 e. The molecular formula is C11H14O3. The number of hydrogen-bond acceptors (Lipinski definition) is 3. The molecule has 0 fully saturated rings. The monoisotopic (exact) mass is 194 g/mol. The van der Waals surface area contributed by atoms with Crippen LogP contribution in [0, 0.1) is 0 Å². The number of aldehydes is 1. The number of carbonyl (C=O) groups excluding carboxylic acids is 1. The lowest BCUT2D eigenvalue weighted by Gasteiger charge is -2.12. The Morgan fingerprint density at radius 3 is 2.50 bits per heavy atom. The van der Waals surface area contributed by atoms with Gasteiger partial charge in [-0.25, -0.2) is 0 Å². The highest BCUT2D eigenvalue weighted by atomic mass is 16.5. The zero-order valence-corrected chi connectivity index (χ0v) is 8.57. The minimum Gasteiger partial charge on any atom is -0.507 e. The molecule has 0 aromatic heterocycles. The summed E-state index contributed by atoms with van der Waals surface area (Å²) in [5.41, 5.74) is 1.22. The van der Waals surface area contributed by atoms with Crippen LogP contribution in [-0.4, -0.2) is 18.5 Å². The van der Waals surface area contributed by atoms with Gasteiger partial charge in [-0.05, 0) is 17.5 Å². The van der Waals surface area contributed by atoms with Crippen molar-refractivity contribution >= 4 is 6.29 Å². The van der Waals surface area contributed by atoms with Crippen molar-refractivity contribution in [2.45, 2.75) is 19.8 Å². The molecule has 0 saturated heterocycles. The van der Waals surface area contributed by atoms with Gasteiger partial charge in [0.25, 0.3) is 0 Å². The highest BCUT2D eigenvalue weighted by molar-refractivity contribution is 5.80. The fourth-order valence-electron chi connectivity index (χ4n) is 1.33. The van der Waals surface area contributed by atoms with Crippen LogP contribution in [0.4, 0.5) is 0 Å². The second-order valence-electron chi connectivity index (χ2n) is 3.43. The molecule has 0 aliphatic rings. The fraction of sp³-hybridized carbons (Fsp3) is 0.364. The van der Waals surface area contributed by atoms with E-state index in [2.05, 4.69) is 0 Å². The molecule has 1 rings (SSSR count). The maximum atomic E-state index is 10.6. The number of hydrogen-bond donors (Lipinski definition) is 1. The molecule has 0 unspecified atom stereocenters. The Morgan fingerprint density at radius 2 is 2.07 bits per heavy atom. The molecule has 0 aliphatic carbocycles. The van der Waals surface area contributed by atoms with E-state index in [1.54, 1.807) is 13.2 Å². The molecule has 0 saturated carbocycles. The van der Waals surface area contributed by atoms with Gasteiger partial charge in [0.15, 0.2) is 6.29 Å². The molecule has 76 valence electrons. The van der Waals surface area contributed by atoms with Gasteiger partial charge >= 0.3 is 0 Å². The van der Waals surface area contributed by atoms with Gasteiger partial charge in [-0.15, -0.1) is 0 Å². The number of methoxy groups -OCH3 is 1. The molecule has 1 aromatic carbocycles. The van der Waals surface area contributed by atoms with Crippen LogP contribution in [0.15, 0.2) is 12.1 Å². The van der Waals surface area contributed by atoms with E-state index in [1.807, 2.05) is 13.8 Å². The summed E-state index contributed by atoms with van der Waals surface area (Å²) in [7, 11) is 1.54. The summed E-state index contributed by atoms with van der Waals surface area (Å²) in [5.74, 6) is 0.827. The smallest absolute Gasteiger partial charge is 0.153 e. The Labute approximate surface area is 83.3 Å². The van der Waals surface area contributed by atoms with Crippen molar-refractivity contribution in [3.05, 3.63) is 23.3 Å². The topological polar surface area (TPSA) is 46.5 Å². The predicted octanol–water partition coefficient (Wildman–Crippen LogP) is 2.34. The second kappa shape index (κ2) is 4.13. The van der Waals surface area contributed by atoms with Crippen LogP contribution in [-0.2, 0) is 0 Å². The van der Waals surface area contributed by atoms with Gasteiger partial charge in [-0.1, -0.05) is 13.8 Å². The van der Waals surface area contributed by atoms with Gasteiger partial charge in [-0.2, -0.15) is 0 Å². The van der Waals surface area contributed by atoms with E-state index < -0.39 is 0 Å². The second-order valence-corrected chi connectivity index (χ2v) is 3.43. The first kappa shape index (κ1) is 10.6. The van der Waals surface area contributed by atoms with Gasteiger partial charge in [0.05, 0.1) is 12.7 Å². The molecule has 0 heterocycles. The minimum atomic E-state index is -0.0405. The summed E-state index contributed by atoms with van der Waals surface area (Å²) in [6.07, 6.45) is 0.640. The van der Waals surface area contributed by atoms with E-state index in [0.717, 1.165) is 5.56 Å². The molecular weight excluding hydrogens is 180 g/mol. The van der Waals surface area contributed by atoms with Gasteiger partial charge in [0, 0.05) is 6.07 Å². The summed E-state index contributed by atoms with van der Waals surface area (Å²) in [6, 6.07) is 3.13. The summed E-state index contributed by atoms with van der Waals surface area (Å²) >= 11 is 0. The summed E-state index contributed by atoms with van der Waals surface area (Å²) in [5, 5.41) is 9.42. The molecule has 0 amide bonds. The van der Waals surface area contributed by atoms with E-state index in [4.69, 9.17) is 4.74 Å². The van der Waals surface area contributed by atoms with Gasteiger partial charge in [-0.3, -0.25) is 4.79 Å². The number of ether oxygens (including phenoxy) is 1. The van der Waals surface area contributed by atoms with Crippen molar-refractivity contribution in [2.24, 2.45) is 0 Å². The van der Waals surface area contributed by atoms with E-state index >= 15 is 0 Å². The van der Waals surface area contributed by atoms with Crippen LogP contribution in [0.2, 0.25) is 0 Å². The van der Waals surface area contributed by atoms with Gasteiger partial charge in [0.2, 0.25) is 0 Å². The molecule has 1 aromatic rings. The third-order valence-corrected chi connectivity index (χ3v) is 2.13. The summed E-state index contributed by atoms with van der Waals surface area (Å²) in [6.45, 7) is 4.01. The lowest BCUT2D eigenvalue weighted by atomic mass is 9.99. The van der Waals surface area contributed by atoms with Crippen LogP contribution >= 0.6 is 0 Å². The minimum absolute atomic E-state index is 0.0405. The molecule has 14 heavy (non-hydrogen) atoms. The van der Waals surface area contributed by atoms with Crippen molar-refractivity contribution in [1.82, 2.24) is 0 Å². The zero-order valence-electron chi connectivity index (χ0n) is 8.57. The average molecular weight is 194 g/mol. The van der Waals surface area contributed by atoms with Crippen molar-refractivity contribution in [1.29, 1.82) is 0 Å². The number of phenols is 1. The number of aromatic hydroxyl groups is 1. The molecule has 0 bridgehead atoms. The Hall–Kier alpha value is -1.51. The number of benzene rings is 1. The quantitative estimate of drug-likeness (QED) is 0.751. The van der Waals surface area contributed by atoms with E-state index in [1.165, 1.54) is 6.07 Å². The van der Waals surface area contributed by atoms with Crippen LogP contribution < -0.4 is 4.74 Å². The number of carbonyl (C=O) groups is 1. The Bertz CT molecular complexity index is 343. The first-order chi connectivity index (χ1) is 6.60. The maximum Gasteiger partial charge on any atom is 0.153 e. The first-order valence-corrected chi connectivity index (χ1v) is 4.46. The third-order valence-electron chi connectivity index (χ3n) is 2.13. The van der Waals surface area contributed by atoms with Crippen LogP contribution in [0.3, 0.4) is 0 Å². The van der Waals surface area contributed by atoms with Crippen LogP contribution in [0.1, 0.15) is 35.7 Å². The molecule has 0 spiro atoms. The Morgan fingerprint density at radius 1 is 1.43 bits per heavy atom. The van der Waals surface area contributed by atoms with Crippen LogP contribution in [0.25, 0.3) is 0 Å². The van der Waals surface area contributed by atoms with Crippen LogP contribution in [0.5, 0.6) is 11.5 Å². The lowest BCUT2D eigenvalue weighted by Crippen LogP contribution is -1.96. The predicted molar refractivity (Wildman–Crippen MR) is 54.1 cm³/mol. The van der Waals surface area contributed by atoms with E-state index in [-0.39, 0.29) is 11.7 Å². The average Bonchev–Trinajstić information content (AvgIpc) is 2.16. The van der Waals surface area contributed by atoms with E-state index in [0.29, 0.717) is 17.6 Å². The first-order valence-electron chi connectivity index (χ1n) is 4.46. The molecule has 0 radical (unpaired) electrons. The molecule has 1 N–H and O–H groups in total. The van der Waals surface area contributed by atoms with E-state index in [9.17, 15) is 9.90 Å². The van der Waals surface area contributed by atoms with Crippen molar-refractivity contribution in [3.8, 4) is 11.5 Å². The summed E-state index contributed by atoms with van der Waals surface area (Å²) < 4.78 is 5.11. The number of phenolic OH excluding ortho intramolecular Hbond substituents is 1. The lowest BCUT2D eigenvalue weighted by molar-refractivity contribution is 0.112. The van der Waals surface area contributed by atoms with Crippen molar-refractivity contribution in [2.75, 3.05) is 7.11 Å². The zero-order chi connectivity index (χ0) is 10.7. The molecule has 3 nitrogen and oxygen atoms in total. The van der Waals surface area contributed by atoms with Crippen molar-refractivity contribution < 1.29 is 14.6 Å². The maximum absolute atomic E-state index is 10.6. The third kappa shape index (κ3) is 1.87. The summed E-state index contributed by atoms with van der Waals surface area (Å²) in [4.78, 5) is 10.6. The normalized spacial score (nSPS) is 10.3. The SMILES string of the molecule is COc1cc(O)c(C=O)cc1C(C)C. The van der Waals surface area contributed by atoms with Gasteiger partial charge < -0.3 is 9.84 Å². The van der Waals surface area contributed by atoms with Gasteiger partial charge in [0.1, 0.15) is 11.5 Å². The highest BCUT2D eigenvalue weighted by Gasteiger charge is 2.11. The Balaban J connectivity index is 3.32. The van der Waals surface area contributed by atoms with Crippen molar-refractivity contribution in [3.63, 3.8) is 0 Å². The fourth-order valence-corrected chi connectivity index (χ4v) is 1.33. The molecule has 0 aliphatic heterocycles. The number of rotatable bonds is 3. The standard InChI is InChI=1S/C11H14O3/c1-7(2)9-4-8(6-12)10(13)5-11(9)14-3/h4-7,13H,1-3H3. The Kier molecular flexibility index (Phi) is 3.12. The molecule has 0 atom stereocenters. The molecule has 3 heteroatoms. The highest BCUT2D eigenvalue weighted by Crippen LogP contribution is 2.31.